The summed E-state index contributed by atoms with van der Waals surface area (Å²) < 4.78 is 40.4. The Bertz CT molecular complexity index is 865. The van der Waals surface area contributed by atoms with Crippen LogP contribution >= 0.6 is 0 Å². The smallest absolute Gasteiger partial charge is 0.161 e. The van der Waals surface area contributed by atoms with Crippen molar-refractivity contribution in [1.29, 1.82) is 0 Å². The molecule has 0 bridgehead atoms. The summed E-state index contributed by atoms with van der Waals surface area (Å²) in [6.45, 7) is 2.19. The van der Waals surface area contributed by atoms with Gasteiger partial charge in [0.1, 0.15) is 5.82 Å². The molecule has 0 unspecified atom stereocenters. The molecule has 0 N–H and O–H groups in total. The number of aryl methyl sites for hydroxylation is 1. The van der Waals surface area contributed by atoms with Gasteiger partial charge in [-0.25, -0.2) is 13.2 Å². The molecule has 0 radical (unpaired) electrons. The highest BCUT2D eigenvalue weighted by Gasteiger charge is 2.11. The fraction of sp³-hybridized carbons (Fsp3) is 0.217. The normalized spacial score (nSPS) is 10.9. The first-order valence-corrected chi connectivity index (χ1v) is 8.93. The van der Waals surface area contributed by atoms with Gasteiger partial charge in [0.15, 0.2) is 11.6 Å². The van der Waals surface area contributed by atoms with Gasteiger partial charge in [-0.15, -0.1) is 0 Å². The van der Waals surface area contributed by atoms with Gasteiger partial charge in [0.25, 0.3) is 0 Å². The molecule has 0 nitrogen and oxygen atoms in total. The van der Waals surface area contributed by atoms with Gasteiger partial charge in [0.2, 0.25) is 0 Å². The Kier molecular flexibility index (Phi) is 5.77. The standard InChI is InChI=1S/C23H21F3/c1-2-3-4-5-16-6-8-17(9-7-16)18-10-12-19(13-11-18)20-14-22(25)23(26)15-21(20)24/h6-15H,2-5H2,1H3. The van der Waals surface area contributed by atoms with Crippen LogP contribution in [0.2, 0.25) is 0 Å². The molecule has 134 valence electrons. The minimum Gasteiger partial charge on any atom is -0.206 e. The second-order valence-electron chi connectivity index (χ2n) is 6.48. The lowest BCUT2D eigenvalue weighted by Crippen LogP contribution is -1.91. The summed E-state index contributed by atoms with van der Waals surface area (Å²) in [5, 5.41) is 0. The maximum absolute atomic E-state index is 13.9. The third kappa shape index (κ3) is 4.16. The van der Waals surface area contributed by atoms with Crippen molar-refractivity contribution in [2.45, 2.75) is 32.6 Å². The van der Waals surface area contributed by atoms with E-state index in [2.05, 4.69) is 31.2 Å². The molecule has 0 aliphatic carbocycles. The fourth-order valence-electron chi connectivity index (χ4n) is 3.03. The zero-order valence-electron chi connectivity index (χ0n) is 14.7. The molecule has 0 saturated heterocycles. The van der Waals surface area contributed by atoms with Gasteiger partial charge < -0.3 is 0 Å². The predicted octanol–water partition coefficient (Wildman–Crippen LogP) is 7.17. The van der Waals surface area contributed by atoms with E-state index < -0.39 is 17.5 Å². The van der Waals surface area contributed by atoms with E-state index in [9.17, 15) is 13.2 Å². The molecule has 3 heteroatoms. The van der Waals surface area contributed by atoms with Gasteiger partial charge in [-0.05, 0) is 41.2 Å². The van der Waals surface area contributed by atoms with Crippen molar-refractivity contribution in [2.75, 3.05) is 0 Å². The van der Waals surface area contributed by atoms with Gasteiger partial charge in [-0.3, -0.25) is 0 Å². The highest BCUT2D eigenvalue weighted by atomic mass is 19.2. The summed E-state index contributed by atoms with van der Waals surface area (Å²) in [6, 6.07) is 17.1. The highest BCUT2D eigenvalue weighted by Crippen LogP contribution is 2.28. The third-order valence-electron chi connectivity index (χ3n) is 4.56. The van der Waals surface area contributed by atoms with E-state index in [-0.39, 0.29) is 5.56 Å². The number of hydrogen-bond donors (Lipinski definition) is 0. The van der Waals surface area contributed by atoms with E-state index in [0.29, 0.717) is 11.6 Å². The van der Waals surface area contributed by atoms with Crippen LogP contribution in [0.4, 0.5) is 13.2 Å². The minimum absolute atomic E-state index is 0.0572. The number of halogens is 3. The van der Waals surface area contributed by atoms with Crippen LogP contribution in [0.15, 0.2) is 60.7 Å². The van der Waals surface area contributed by atoms with Gasteiger partial charge in [-0.2, -0.15) is 0 Å². The molecule has 3 aromatic rings. The van der Waals surface area contributed by atoms with Gasteiger partial charge in [-0.1, -0.05) is 68.3 Å². The number of unbranched alkanes of at least 4 members (excludes halogenated alkanes) is 2. The van der Waals surface area contributed by atoms with Crippen LogP contribution in [0, 0.1) is 17.5 Å². The van der Waals surface area contributed by atoms with Crippen LogP contribution in [0.5, 0.6) is 0 Å². The topological polar surface area (TPSA) is 0 Å². The van der Waals surface area contributed by atoms with Gasteiger partial charge >= 0.3 is 0 Å². The van der Waals surface area contributed by atoms with Crippen molar-refractivity contribution in [2.24, 2.45) is 0 Å². The Morgan fingerprint density at radius 1 is 0.615 bits per heavy atom. The largest absolute Gasteiger partial charge is 0.206 e. The van der Waals surface area contributed by atoms with Crippen LogP contribution in [-0.2, 0) is 6.42 Å². The quantitative estimate of drug-likeness (QED) is 0.325. The molecule has 26 heavy (non-hydrogen) atoms. The molecule has 3 rings (SSSR count). The van der Waals surface area contributed by atoms with Gasteiger partial charge in [0.05, 0.1) is 0 Å². The van der Waals surface area contributed by atoms with E-state index in [1.165, 1.54) is 24.8 Å². The van der Waals surface area contributed by atoms with Crippen molar-refractivity contribution >= 4 is 0 Å². The van der Waals surface area contributed by atoms with Gasteiger partial charge in [0, 0.05) is 11.6 Å². The van der Waals surface area contributed by atoms with Crippen molar-refractivity contribution in [3.05, 3.63) is 83.7 Å². The molecule has 0 aliphatic rings. The average Bonchev–Trinajstić information content (AvgIpc) is 2.66. The molecule has 0 atom stereocenters. The third-order valence-corrected chi connectivity index (χ3v) is 4.56. The average molecular weight is 354 g/mol. The lowest BCUT2D eigenvalue weighted by molar-refractivity contribution is 0.496. The van der Waals surface area contributed by atoms with Crippen LogP contribution < -0.4 is 0 Å². The molecule has 0 aromatic heterocycles. The van der Waals surface area contributed by atoms with E-state index in [1.807, 2.05) is 12.1 Å². The minimum atomic E-state index is -1.18. The van der Waals surface area contributed by atoms with Crippen LogP contribution in [-0.4, -0.2) is 0 Å². The zero-order chi connectivity index (χ0) is 18.5. The first-order valence-electron chi connectivity index (χ1n) is 8.93. The van der Waals surface area contributed by atoms with Crippen molar-refractivity contribution in [3.63, 3.8) is 0 Å². The van der Waals surface area contributed by atoms with Crippen molar-refractivity contribution in [3.8, 4) is 22.3 Å². The second-order valence-corrected chi connectivity index (χ2v) is 6.48. The number of rotatable bonds is 6. The lowest BCUT2D eigenvalue weighted by atomic mass is 9.98. The number of hydrogen-bond acceptors (Lipinski definition) is 0. The number of benzene rings is 3. The maximum Gasteiger partial charge on any atom is 0.161 e. The Hall–Kier alpha value is -2.55. The van der Waals surface area contributed by atoms with E-state index in [0.717, 1.165) is 23.6 Å². The summed E-state index contributed by atoms with van der Waals surface area (Å²) in [6.07, 6.45) is 4.74. The maximum atomic E-state index is 13.9. The molecule has 0 fully saturated rings. The van der Waals surface area contributed by atoms with Crippen molar-refractivity contribution in [1.82, 2.24) is 0 Å². The summed E-state index contributed by atoms with van der Waals surface area (Å²) in [7, 11) is 0. The Morgan fingerprint density at radius 3 is 1.77 bits per heavy atom. The molecule has 0 aliphatic heterocycles. The summed E-state index contributed by atoms with van der Waals surface area (Å²) in [5.41, 5.74) is 3.96. The van der Waals surface area contributed by atoms with E-state index in [1.54, 1.807) is 12.1 Å². The second kappa shape index (κ2) is 8.22. The summed E-state index contributed by atoms with van der Waals surface area (Å²) >= 11 is 0. The van der Waals surface area contributed by atoms with Crippen LogP contribution in [0.1, 0.15) is 31.7 Å². The molecule has 0 heterocycles. The molecule has 0 amide bonds. The fourth-order valence-corrected chi connectivity index (χ4v) is 3.03. The SMILES string of the molecule is CCCCCc1ccc(-c2ccc(-c3cc(F)c(F)cc3F)cc2)cc1. The molecular formula is C23H21F3. The Balaban J connectivity index is 1.78. The molecule has 0 spiro atoms. The monoisotopic (exact) mass is 354 g/mol. The Labute approximate surface area is 152 Å². The first kappa shape index (κ1) is 18.2. The zero-order valence-corrected chi connectivity index (χ0v) is 14.7. The summed E-state index contributed by atoms with van der Waals surface area (Å²) in [4.78, 5) is 0. The van der Waals surface area contributed by atoms with Crippen molar-refractivity contribution < 1.29 is 13.2 Å². The van der Waals surface area contributed by atoms with E-state index >= 15 is 0 Å². The molecule has 3 aromatic carbocycles. The van der Waals surface area contributed by atoms with Crippen LogP contribution in [0.25, 0.3) is 22.3 Å². The first-order chi connectivity index (χ1) is 12.6. The predicted molar refractivity (Wildman–Crippen MR) is 100 cm³/mol. The molecular weight excluding hydrogens is 333 g/mol. The lowest BCUT2D eigenvalue weighted by Gasteiger charge is -2.08. The Morgan fingerprint density at radius 2 is 1.15 bits per heavy atom. The highest BCUT2D eigenvalue weighted by molar-refractivity contribution is 5.70. The molecule has 0 saturated carbocycles. The van der Waals surface area contributed by atoms with Crippen LogP contribution in [0.3, 0.4) is 0 Å². The van der Waals surface area contributed by atoms with E-state index in [4.69, 9.17) is 0 Å². The summed E-state index contributed by atoms with van der Waals surface area (Å²) in [5.74, 6) is -3.00.